The smallest absolute Gasteiger partial charge is 0.225 e. The second kappa shape index (κ2) is 9.01. The van der Waals surface area contributed by atoms with Crippen molar-refractivity contribution in [1.29, 1.82) is 0 Å². The summed E-state index contributed by atoms with van der Waals surface area (Å²) in [5.74, 6) is 2.01. The van der Waals surface area contributed by atoms with Crippen molar-refractivity contribution in [3.8, 4) is 0 Å². The summed E-state index contributed by atoms with van der Waals surface area (Å²) in [7, 11) is 0. The number of nitrogens with one attached hydrogen (secondary N) is 2. The molecule has 0 bridgehead atoms. The predicted molar refractivity (Wildman–Crippen MR) is 128 cm³/mol. The summed E-state index contributed by atoms with van der Waals surface area (Å²) in [6.45, 7) is 7.21. The van der Waals surface area contributed by atoms with Crippen LogP contribution in [0.4, 0.5) is 17.6 Å². The lowest BCUT2D eigenvalue weighted by Crippen LogP contribution is -2.30. The van der Waals surface area contributed by atoms with Crippen LogP contribution in [0, 0.1) is 5.92 Å². The summed E-state index contributed by atoms with van der Waals surface area (Å²) in [4.78, 5) is 14.3. The number of halogens is 1. The van der Waals surface area contributed by atoms with Crippen molar-refractivity contribution in [3.63, 3.8) is 0 Å². The van der Waals surface area contributed by atoms with E-state index in [0.29, 0.717) is 22.9 Å². The third-order valence-electron chi connectivity index (χ3n) is 6.36. The van der Waals surface area contributed by atoms with Crippen molar-refractivity contribution in [2.75, 3.05) is 17.2 Å². The van der Waals surface area contributed by atoms with Crippen LogP contribution in [0.25, 0.3) is 11.2 Å². The summed E-state index contributed by atoms with van der Waals surface area (Å²) in [5, 5.41) is 7.60. The first kappa shape index (κ1) is 21.8. The lowest BCUT2D eigenvalue weighted by atomic mass is 9.86. The molecule has 1 aromatic carbocycles. The first-order valence-electron chi connectivity index (χ1n) is 11.1. The third kappa shape index (κ3) is 4.93. The molecule has 31 heavy (non-hydrogen) atoms. The molecule has 1 fully saturated rings. The molecule has 0 amide bonds. The normalized spacial score (nSPS) is 19.5. The first-order valence-corrected chi connectivity index (χ1v) is 11.5. The zero-order chi connectivity index (χ0) is 22.0. The first-order chi connectivity index (χ1) is 14.9. The molecule has 8 heteroatoms. The fraction of sp³-hybridized carbons (Fsp3) is 0.522. The minimum Gasteiger partial charge on any atom is -0.349 e. The minimum absolute atomic E-state index is 0.0837. The van der Waals surface area contributed by atoms with Gasteiger partial charge in [-0.15, -0.1) is 0 Å². The molecule has 2 aromatic heterocycles. The van der Waals surface area contributed by atoms with Crippen LogP contribution in [0.3, 0.4) is 0 Å². The number of imidazole rings is 1. The van der Waals surface area contributed by atoms with E-state index in [4.69, 9.17) is 27.3 Å². The quantitative estimate of drug-likeness (QED) is 0.447. The van der Waals surface area contributed by atoms with Gasteiger partial charge in [0, 0.05) is 22.3 Å². The Hall–Kier alpha value is -2.38. The molecule has 166 valence electrons. The van der Waals surface area contributed by atoms with Gasteiger partial charge < -0.3 is 16.4 Å². The van der Waals surface area contributed by atoms with Crippen LogP contribution in [0.1, 0.15) is 58.9 Å². The molecular weight excluding hydrogens is 410 g/mol. The molecule has 4 N–H and O–H groups in total. The second-order valence-corrected chi connectivity index (χ2v) is 9.55. The molecule has 1 aliphatic carbocycles. The summed E-state index contributed by atoms with van der Waals surface area (Å²) in [6, 6.07) is 8.00. The zero-order valence-electron chi connectivity index (χ0n) is 18.5. The van der Waals surface area contributed by atoms with Crippen molar-refractivity contribution in [2.24, 2.45) is 11.7 Å². The standard InChI is InChI=1S/C23H32ClN7/c1-4-23(2,3)30-21-26-14-19-20(29-21)31(18-10-8-15(13-25)9-11-18)22(28-19)27-17-7-5-6-16(24)12-17/h5-7,12,14-15,18H,4,8-11,13,25H2,1-3H3,(H,27,28)(H,26,29,30)/t15-,18-. The number of hydrogen-bond donors (Lipinski definition) is 3. The van der Waals surface area contributed by atoms with Gasteiger partial charge >= 0.3 is 0 Å². The number of rotatable bonds is 7. The Balaban J connectivity index is 1.74. The largest absolute Gasteiger partial charge is 0.349 e. The van der Waals surface area contributed by atoms with E-state index in [-0.39, 0.29) is 5.54 Å². The minimum atomic E-state index is -0.0837. The van der Waals surface area contributed by atoms with Crippen LogP contribution >= 0.6 is 11.6 Å². The molecule has 0 atom stereocenters. The van der Waals surface area contributed by atoms with E-state index in [2.05, 4.69) is 41.0 Å². The highest BCUT2D eigenvalue weighted by Crippen LogP contribution is 2.37. The van der Waals surface area contributed by atoms with E-state index in [1.807, 2.05) is 30.5 Å². The fourth-order valence-electron chi connectivity index (χ4n) is 4.11. The zero-order valence-corrected chi connectivity index (χ0v) is 19.3. The topological polar surface area (TPSA) is 93.7 Å². The monoisotopic (exact) mass is 441 g/mol. The molecule has 0 spiro atoms. The molecule has 0 aliphatic heterocycles. The van der Waals surface area contributed by atoms with E-state index in [0.717, 1.165) is 61.4 Å². The number of hydrogen-bond acceptors (Lipinski definition) is 6. The molecule has 0 unspecified atom stereocenters. The van der Waals surface area contributed by atoms with Gasteiger partial charge in [-0.05, 0) is 76.6 Å². The van der Waals surface area contributed by atoms with Crippen molar-refractivity contribution < 1.29 is 0 Å². The van der Waals surface area contributed by atoms with E-state index in [1.165, 1.54) is 0 Å². The van der Waals surface area contributed by atoms with Gasteiger partial charge in [-0.3, -0.25) is 4.57 Å². The van der Waals surface area contributed by atoms with Crippen molar-refractivity contribution in [2.45, 2.75) is 64.5 Å². The molecule has 1 aliphatic rings. The van der Waals surface area contributed by atoms with Crippen LogP contribution in [0.2, 0.25) is 5.02 Å². The van der Waals surface area contributed by atoms with Gasteiger partial charge in [-0.1, -0.05) is 24.6 Å². The van der Waals surface area contributed by atoms with Crippen LogP contribution in [-0.2, 0) is 0 Å². The maximum absolute atomic E-state index is 6.20. The van der Waals surface area contributed by atoms with E-state index >= 15 is 0 Å². The molecule has 3 aromatic rings. The molecule has 7 nitrogen and oxygen atoms in total. The SMILES string of the molecule is CCC(C)(C)Nc1ncc2nc(Nc3cccc(Cl)c3)n([C@H]3CC[C@H](CN)CC3)c2n1. The van der Waals surface area contributed by atoms with Crippen LogP contribution in [-0.4, -0.2) is 31.6 Å². The molecule has 2 heterocycles. The molecule has 0 saturated heterocycles. The van der Waals surface area contributed by atoms with Crippen molar-refractivity contribution >= 4 is 40.3 Å². The average molecular weight is 442 g/mol. The van der Waals surface area contributed by atoms with Crippen LogP contribution in [0.15, 0.2) is 30.5 Å². The van der Waals surface area contributed by atoms with Gasteiger partial charge in [-0.25, -0.2) is 9.97 Å². The molecular formula is C23H32ClN7. The summed E-state index contributed by atoms with van der Waals surface area (Å²) in [6.07, 6.45) is 7.14. The van der Waals surface area contributed by atoms with Crippen molar-refractivity contribution in [1.82, 2.24) is 19.5 Å². The lowest BCUT2D eigenvalue weighted by Gasteiger charge is -2.30. The van der Waals surface area contributed by atoms with E-state index in [9.17, 15) is 0 Å². The maximum atomic E-state index is 6.20. The van der Waals surface area contributed by atoms with Gasteiger partial charge in [0.2, 0.25) is 11.9 Å². The third-order valence-corrected chi connectivity index (χ3v) is 6.60. The number of nitrogens with two attached hydrogens (primary N) is 1. The Morgan fingerprint density at radius 2 is 1.97 bits per heavy atom. The maximum Gasteiger partial charge on any atom is 0.225 e. The van der Waals surface area contributed by atoms with Crippen LogP contribution in [0.5, 0.6) is 0 Å². The number of anilines is 3. The van der Waals surface area contributed by atoms with E-state index < -0.39 is 0 Å². The number of fused-ring (bicyclic) bond motifs is 1. The number of aromatic nitrogens is 4. The highest BCUT2D eigenvalue weighted by molar-refractivity contribution is 6.30. The fourth-order valence-corrected chi connectivity index (χ4v) is 4.30. The molecule has 1 saturated carbocycles. The Morgan fingerprint density at radius 3 is 2.65 bits per heavy atom. The highest BCUT2D eigenvalue weighted by Gasteiger charge is 2.27. The number of benzene rings is 1. The van der Waals surface area contributed by atoms with Gasteiger partial charge in [-0.2, -0.15) is 4.98 Å². The van der Waals surface area contributed by atoms with Crippen LogP contribution < -0.4 is 16.4 Å². The second-order valence-electron chi connectivity index (χ2n) is 9.12. The summed E-state index contributed by atoms with van der Waals surface area (Å²) < 4.78 is 2.24. The Labute approximate surface area is 188 Å². The van der Waals surface area contributed by atoms with Gasteiger partial charge in [0.05, 0.1) is 6.20 Å². The lowest BCUT2D eigenvalue weighted by molar-refractivity contribution is 0.284. The van der Waals surface area contributed by atoms with Gasteiger partial charge in [0.25, 0.3) is 0 Å². The Bertz CT molecular complexity index is 1040. The Morgan fingerprint density at radius 1 is 1.19 bits per heavy atom. The van der Waals surface area contributed by atoms with E-state index in [1.54, 1.807) is 0 Å². The summed E-state index contributed by atoms with van der Waals surface area (Å²) in [5.41, 5.74) is 8.38. The Kier molecular flexibility index (Phi) is 6.34. The molecule has 0 radical (unpaired) electrons. The predicted octanol–water partition coefficient (Wildman–Crippen LogP) is 5.51. The summed E-state index contributed by atoms with van der Waals surface area (Å²) >= 11 is 6.20. The highest BCUT2D eigenvalue weighted by atomic mass is 35.5. The van der Waals surface area contributed by atoms with Gasteiger partial charge in [0.15, 0.2) is 5.65 Å². The van der Waals surface area contributed by atoms with Gasteiger partial charge in [0.1, 0.15) is 5.52 Å². The number of nitrogens with zero attached hydrogens (tertiary/aromatic N) is 4. The van der Waals surface area contributed by atoms with Crippen molar-refractivity contribution in [3.05, 3.63) is 35.5 Å². The average Bonchev–Trinajstić information content (AvgIpc) is 3.10. The molecule has 4 rings (SSSR count).